The van der Waals surface area contributed by atoms with E-state index in [1.54, 1.807) is 6.08 Å². The van der Waals surface area contributed by atoms with Crippen molar-refractivity contribution in [2.24, 2.45) is 0 Å². The van der Waals surface area contributed by atoms with Crippen LogP contribution in [0.3, 0.4) is 0 Å². The minimum Gasteiger partial charge on any atom is -0.466 e. The van der Waals surface area contributed by atoms with Crippen LogP contribution in [0.5, 0.6) is 0 Å². The summed E-state index contributed by atoms with van der Waals surface area (Å²) in [6.45, 7) is 4.97. The minimum absolute atomic E-state index is 0.0243. The first kappa shape index (κ1) is 86.6. The van der Waals surface area contributed by atoms with E-state index in [4.69, 9.17) is 4.74 Å². The Morgan fingerprint density at radius 1 is 0.307 bits per heavy atom. The van der Waals surface area contributed by atoms with E-state index in [-0.39, 0.29) is 18.5 Å². The van der Waals surface area contributed by atoms with Crippen molar-refractivity contribution in [3.8, 4) is 0 Å². The van der Waals surface area contributed by atoms with Gasteiger partial charge in [-0.15, -0.1) is 0 Å². The smallest absolute Gasteiger partial charge is 0.305 e. The second kappa shape index (κ2) is 78.0. The zero-order valence-electron chi connectivity index (χ0n) is 60.3. The van der Waals surface area contributed by atoms with Crippen molar-refractivity contribution < 1.29 is 24.5 Å². The van der Waals surface area contributed by atoms with Gasteiger partial charge in [0.1, 0.15) is 0 Å². The topological polar surface area (TPSA) is 95.9 Å². The van der Waals surface area contributed by atoms with Gasteiger partial charge in [-0.05, 0) is 32.1 Å². The number of allylic oxidation sites excluding steroid dienone is 1. The number of nitrogens with one attached hydrogen (secondary N) is 1. The second-order valence-electron chi connectivity index (χ2n) is 28.5. The Balaban J connectivity index is 3.34. The fraction of sp³-hybridized carbons (Fsp3) is 0.951. The number of aliphatic hydroxyl groups excluding tert-OH is 2. The van der Waals surface area contributed by atoms with Crippen molar-refractivity contribution in [1.29, 1.82) is 0 Å². The number of aliphatic hydroxyl groups is 2. The lowest BCUT2D eigenvalue weighted by Gasteiger charge is -2.20. The number of carbonyl (C=O) groups is 2. The molecule has 0 saturated heterocycles. The molecule has 0 radical (unpaired) electrons. The van der Waals surface area contributed by atoms with Crippen LogP contribution in [0, 0.1) is 0 Å². The third-order valence-corrected chi connectivity index (χ3v) is 19.6. The van der Waals surface area contributed by atoms with E-state index in [2.05, 4.69) is 19.2 Å². The maximum absolute atomic E-state index is 12.6. The number of carbonyl (C=O) groups excluding carboxylic acids is 2. The molecule has 0 aliphatic heterocycles. The van der Waals surface area contributed by atoms with Gasteiger partial charge in [-0.1, -0.05) is 443 Å². The zero-order valence-corrected chi connectivity index (χ0v) is 60.3. The van der Waals surface area contributed by atoms with Gasteiger partial charge in [0.05, 0.1) is 25.4 Å². The van der Waals surface area contributed by atoms with Crippen molar-refractivity contribution in [2.75, 3.05) is 13.2 Å². The molecule has 3 N–H and O–H groups in total. The number of hydrogen-bond acceptors (Lipinski definition) is 5. The van der Waals surface area contributed by atoms with Crippen LogP contribution in [0.4, 0.5) is 0 Å². The lowest BCUT2D eigenvalue weighted by molar-refractivity contribution is -0.143. The molecule has 0 aromatic heterocycles. The molecule has 0 aromatic rings. The Hall–Kier alpha value is -1.40. The molecule has 0 saturated carbocycles. The minimum atomic E-state index is -0.842. The lowest BCUT2D eigenvalue weighted by atomic mass is 10.0. The summed E-state index contributed by atoms with van der Waals surface area (Å²) in [5.41, 5.74) is 0. The Kier molecular flexibility index (Phi) is 76.8. The van der Waals surface area contributed by atoms with Crippen LogP contribution in [0.25, 0.3) is 0 Å². The van der Waals surface area contributed by atoms with Gasteiger partial charge in [-0.2, -0.15) is 0 Å². The zero-order chi connectivity index (χ0) is 63.5. The standard InChI is InChI=1S/C82H161NO5/c1-3-5-7-9-11-13-15-17-18-19-20-21-22-32-35-38-41-44-47-51-54-58-62-66-70-74-80(85)79(78-84)83-81(86)75-71-67-63-59-55-52-48-45-42-39-36-33-30-28-26-24-23-25-27-29-31-34-37-40-43-46-49-53-57-61-65-69-73-77-88-82(87)76-72-68-64-60-56-50-16-14-12-10-8-6-4-2/h70,74,79-80,84-85H,3-69,71-73,75-78H2,1-2H3,(H,83,86)/b74-70+. The molecule has 2 unspecified atom stereocenters. The van der Waals surface area contributed by atoms with Crippen molar-refractivity contribution in [3.05, 3.63) is 12.2 Å². The molecule has 0 rings (SSSR count). The number of rotatable bonds is 78. The SMILES string of the molecule is CCCCCCCCCCCCCCCCCCCCCCCCC/C=C/C(O)C(CO)NC(=O)CCCCCCCCCCCCCCCCCCCCCCCCCCCCCCCCCCCOC(=O)CCCCCCCCCCCCCCC. The average Bonchev–Trinajstić information content (AvgIpc) is 3.53. The highest BCUT2D eigenvalue weighted by Gasteiger charge is 2.18. The van der Waals surface area contributed by atoms with E-state index in [9.17, 15) is 19.8 Å². The summed E-state index contributed by atoms with van der Waals surface area (Å²) in [5, 5.41) is 23.3. The maximum atomic E-state index is 12.6. The molecule has 0 spiro atoms. The monoisotopic (exact) mass is 1240 g/mol. The molecule has 88 heavy (non-hydrogen) atoms. The molecule has 0 aliphatic rings. The number of ether oxygens (including phenoxy) is 1. The van der Waals surface area contributed by atoms with Crippen LogP contribution < -0.4 is 5.32 Å². The Bertz CT molecular complexity index is 1340. The van der Waals surface area contributed by atoms with Crippen LogP contribution >= 0.6 is 0 Å². The van der Waals surface area contributed by atoms with E-state index < -0.39 is 12.1 Å². The molecular weight excluding hydrogens is 1080 g/mol. The highest BCUT2D eigenvalue weighted by atomic mass is 16.5. The Morgan fingerprint density at radius 2 is 0.523 bits per heavy atom. The second-order valence-corrected chi connectivity index (χ2v) is 28.5. The van der Waals surface area contributed by atoms with Gasteiger partial charge in [-0.3, -0.25) is 9.59 Å². The third-order valence-electron chi connectivity index (χ3n) is 19.6. The van der Waals surface area contributed by atoms with Gasteiger partial charge in [0, 0.05) is 12.8 Å². The summed E-state index contributed by atoms with van der Waals surface area (Å²) in [5.74, 6) is -0.0328. The van der Waals surface area contributed by atoms with Gasteiger partial charge in [0.25, 0.3) is 0 Å². The molecule has 1 amide bonds. The first-order valence-corrected chi connectivity index (χ1v) is 41.0. The molecule has 0 heterocycles. The summed E-state index contributed by atoms with van der Waals surface area (Å²) >= 11 is 0. The highest BCUT2D eigenvalue weighted by molar-refractivity contribution is 5.76. The first-order valence-electron chi connectivity index (χ1n) is 41.0. The lowest BCUT2D eigenvalue weighted by Crippen LogP contribution is -2.45. The summed E-state index contributed by atoms with van der Waals surface area (Å²) in [6.07, 6.45) is 99.2. The number of amides is 1. The number of unbranched alkanes of at least 4 members (excludes halogenated alkanes) is 67. The average molecular weight is 1240 g/mol. The van der Waals surface area contributed by atoms with Crippen LogP contribution in [-0.2, 0) is 14.3 Å². The van der Waals surface area contributed by atoms with E-state index in [0.29, 0.717) is 19.4 Å². The summed E-state index contributed by atoms with van der Waals surface area (Å²) in [6, 6.07) is -0.625. The van der Waals surface area contributed by atoms with Crippen molar-refractivity contribution in [3.63, 3.8) is 0 Å². The quantitative estimate of drug-likeness (QED) is 0.0320. The van der Waals surface area contributed by atoms with Crippen LogP contribution in [0.2, 0.25) is 0 Å². The normalized spacial score (nSPS) is 12.5. The van der Waals surface area contributed by atoms with E-state index >= 15 is 0 Å². The van der Waals surface area contributed by atoms with Gasteiger partial charge in [0.2, 0.25) is 5.91 Å². The molecule has 6 nitrogen and oxygen atoms in total. The maximum Gasteiger partial charge on any atom is 0.305 e. The number of hydrogen-bond donors (Lipinski definition) is 3. The molecule has 0 aliphatic carbocycles. The fourth-order valence-electron chi connectivity index (χ4n) is 13.3. The molecule has 6 heteroatoms. The summed E-state index contributed by atoms with van der Waals surface area (Å²) < 4.78 is 5.50. The molecule has 0 fully saturated rings. The Labute approximate surface area is 552 Å². The van der Waals surface area contributed by atoms with E-state index in [0.717, 1.165) is 38.5 Å². The molecule has 0 aromatic carbocycles. The van der Waals surface area contributed by atoms with Crippen LogP contribution in [0.15, 0.2) is 12.2 Å². The summed E-state index contributed by atoms with van der Waals surface area (Å²) in [7, 11) is 0. The Morgan fingerprint density at radius 3 is 0.773 bits per heavy atom. The van der Waals surface area contributed by atoms with Gasteiger partial charge >= 0.3 is 5.97 Å². The van der Waals surface area contributed by atoms with Crippen molar-refractivity contribution in [1.82, 2.24) is 5.32 Å². The fourth-order valence-corrected chi connectivity index (χ4v) is 13.3. The summed E-state index contributed by atoms with van der Waals surface area (Å²) in [4.78, 5) is 24.6. The van der Waals surface area contributed by atoms with Crippen LogP contribution in [0.1, 0.15) is 476 Å². The van der Waals surface area contributed by atoms with E-state index in [1.807, 2.05) is 6.08 Å². The largest absolute Gasteiger partial charge is 0.466 e. The number of esters is 1. The molecule has 0 bridgehead atoms. The highest BCUT2D eigenvalue weighted by Crippen LogP contribution is 2.21. The van der Waals surface area contributed by atoms with Crippen LogP contribution in [-0.4, -0.2) is 47.4 Å². The van der Waals surface area contributed by atoms with Crippen molar-refractivity contribution in [2.45, 2.75) is 488 Å². The first-order chi connectivity index (χ1) is 43.5. The van der Waals surface area contributed by atoms with Gasteiger partial charge < -0.3 is 20.3 Å². The van der Waals surface area contributed by atoms with E-state index in [1.165, 1.54) is 411 Å². The van der Waals surface area contributed by atoms with Gasteiger partial charge in [0.15, 0.2) is 0 Å². The van der Waals surface area contributed by atoms with Gasteiger partial charge in [-0.25, -0.2) is 0 Å². The predicted octanol–water partition coefficient (Wildman–Crippen LogP) is 27.1. The molecular formula is C82H161NO5. The molecule has 2 atom stereocenters. The van der Waals surface area contributed by atoms with Crippen molar-refractivity contribution >= 4 is 11.9 Å². The predicted molar refractivity (Wildman–Crippen MR) is 389 cm³/mol. The third kappa shape index (κ3) is 73.6. The molecule has 524 valence electrons.